The first-order valence-electron chi connectivity index (χ1n) is 38.1. The van der Waals surface area contributed by atoms with Gasteiger partial charge in [0.15, 0.2) is 24.8 Å². The zero-order valence-electron chi connectivity index (χ0n) is 66.1. The van der Waals surface area contributed by atoms with E-state index in [1.807, 2.05) is 27.7 Å². The third-order valence-corrected chi connectivity index (χ3v) is 22.2. The maximum Gasteiger partial charge on any atom is 0.335 e. The topological polar surface area (TPSA) is 396 Å². The van der Waals surface area contributed by atoms with Crippen LogP contribution in [0.5, 0.6) is 11.5 Å². The second-order valence-corrected chi connectivity index (χ2v) is 32.2. The number of hydrogen-bond donors (Lipinski definition) is 12. The van der Waals surface area contributed by atoms with E-state index < -0.39 is 195 Å². The summed E-state index contributed by atoms with van der Waals surface area (Å²) >= 11 is 0. The minimum absolute atomic E-state index is 0.0718. The number of aliphatic carboxylic acids is 1. The Balaban J connectivity index is 1.59. The van der Waals surface area contributed by atoms with E-state index in [0.717, 1.165) is 54.4 Å². The van der Waals surface area contributed by atoms with Crippen molar-refractivity contribution in [2.45, 2.75) is 362 Å². The van der Waals surface area contributed by atoms with Crippen LogP contribution in [-0.4, -0.2) is 236 Å². The van der Waals surface area contributed by atoms with Crippen LogP contribution in [0.4, 0.5) is 0 Å². The molecule has 27 nitrogen and oxygen atoms in total. The summed E-state index contributed by atoms with van der Waals surface area (Å²) in [6.45, 7) is 32.5. The van der Waals surface area contributed by atoms with Gasteiger partial charge in [-0.3, -0.25) is 14.4 Å². The van der Waals surface area contributed by atoms with Crippen LogP contribution in [0, 0.1) is 35.5 Å². The average molecular weight is 1490 g/mol. The number of aryl methyl sites for hydroxylation is 2. The number of carboxylic acids is 1. The lowest BCUT2D eigenvalue weighted by Gasteiger charge is -2.57. The highest BCUT2D eigenvalue weighted by molar-refractivity contribution is 5.86. The fourth-order valence-corrected chi connectivity index (χ4v) is 14.4. The smallest absolute Gasteiger partial charge is 0.335 e. The van der Waals surface area contributed by atoms with Crippen LogP contribution in [0.1, 0.15) is 233 Å². The summed E-state index contributed by atoms with van der Waals surface area (Å²) in [5.41, 5.74) is -3.45. The molecule has 0 bridgehead atoms. The van der Waals surface area contributed by atoms with Gasteiger partial charge in [-0.2, -0.15) is 0 Å². The quantitative estimate of drug-likeness (QED) is 0.0181. The Kier molecular flexibility index (Phi) is 36.8. The number of aliphatic hydroxyl groups excluding tert-OH is 8. The molecule has 2 saturated heterocycles. The number of amides is 3. The molecule has 0 radical (unpaired) electrons. The minimum Gasteiger partial charge on any atom is -0.487 e. The number of aliphatic hydroxyl groups is 8. The summed E-state index contributed by atoms with van der Waals surface area (Å²) in [6.07, 6.45) is -13.0. The first kappa shape index (κ1) is 92.1. The van der Waals surface area contributed by atoms with Gasteiger partial charge in [0.1, 0.15) is 72.5 Å². The normalized spacial score (nSPS) is 27.2. The largest absolute Gasteiger partial charge is 0.487 e. The standard InChI is InChI=1S/C77H135N3O24/c1-21-73(14,15)67(97-55(40-82)47(10)84)53(79-49(12)85)42-95-71(54(87)39-81)99-63(70(93)94)48(11)102-77(20,24-4)76(19,23-3)68-58(80-50(13)86)64(59(89)56(41-83)98-68)100-72-61(91)60(90)65(103-74(16,17)22-2)66(101-72)69(92)78-38-57(88)96-52-36-46(9)62-51(37-52)33-35-75(18,104-62)34-27-32-45(8)31-26-30-44(7)29-25-28-43(5)6/h36-37,43-45,47-48,53-56,58-61,63-68,71-72,81-84,87,89-91H,21-35,38-42H2,1-20H3,(H,78,92)(H,79,85)(H,80,86)(H,93,94)/t44?,45?,47-,48-,53-,54-,55?,56?,58?,59?,60?,61?,63?,64?,65?,66?,67?,68?,71?,72?,75?,76?,77?/m0/s1. The van der Waals surface area contributed by atoms with Crippen molar-refractivity contribution in [3.8, 4) is 11.5 Å². The Hall–Kier alpha value is -4.27. The number of benzene rings is 1. The lowest BCUT2D eigenvalue weighted by Crippen LogP contribution is -2.72. The summed E-state index contributed by atoms with van der Waals surface area (Å²) in [4.78, 5) is 67.8. The number of ether oxygens (including phenoxy) is 10. The summed E-state index contributed by atoms with van der Waals surface area (Å²) in [5.74, 6) is -1.50. The predicted molar refractivity (Wildman–Crippen MR) is 388 cm³/mol. The molecular weight excluding hydrogens is 1350 g/mol. The second-order valence-electron chi connectivity index (χ2n) is 32.2. The van der Waals surface area contributed by atoms with Crippen molar-refractivity contribution in [1.82, 2.24) is 16.0 Å². The first-order chi connectivity index (χ1) is 48.5. The van der Waals surface area contributed by atoms with Gasteiger partial charge in [-0.25, -0.2) is 9.59 Å². The Morgan fingerprint density at radius 2 is 1.38 bits per heavy atom. The molecule has 19 unspecified atom stereocenters. The Labute approximate surface area is 618 Å². The van der Waals surface area contributed by atoms with Crippen LogP contribution in [-0.2, 0) is 68.3 Å². The molecule has 4 rings (SSSR count). The maximum atomic E-state index is 14.5. The van der Waals surface area contributed by atoms with Gasteiger partial charge in [0.05, 0.1) is 74.1 Å². The molecule has 1 aromatic carbocycles. The van der Waals surface area contributed by atoms with E-state index in [4.69, 9.17) is 47.4 Å². The Bertz CT molecular complexity index is 2810. The molecule has 0 aromatic heterocycles. The zero-order valence-corrected chi connectivity index (χ0v) is 66.1. The fraction of sp³-hybridized carbons (Fsp3) is 0.857. The molecule has 0 saturated carbocycles. The molecular formula is C77H135N3O24. The van der Waals surface area contributed by atoms with Gasteiger partial charge < -0.3 is 109 Å². The molecule has 3 aliphatic heterocycles. The van der Waals surface area contributed by atoms with Crippen molar-refractivity contribution >= 4 is 29.7 Å². The van der Waals surface area contributed by atoms with Crippen LogP contribution in [0.15, 0.2) is 12.1 Å². The van der Waals surface area contributed by atoms with E-state index in [0.29, 0.717) is 25.2 Å². The van der Waals surface area contributed by atoms with Crippen LogP contribution in [0.2, 0.25) is 0 Å². The highest BCUT2D eigenvalue weighted by atomic mass is 16.7. The van der Waals surface area contributed by atoms with Gasteiger partial charge in [0.25, 0.3) is 5.91 Å². The van der Waals surface area contributed by atoms with E-state index in [1.165, 1.54) is 66.2 Å². The number of carbonyl (C=O) groups is 5. The lowest BCUT2D eigenvalue weighted by molar-refractivity contribution is -0.342. The van der Waals surface area contributed by atoms with E-state index in [2.05, 4.69) is 50.6 Å². The van der Waals surface area contributed by atoms with E-state index in [1.54, 1.807) is 60.6 Å². The molecule has 1 aromatic rings. The molecule has 27 heteroatoms. The van der Waals surface area contributed by atoms with Gasteiger partial charge >= 0.3 is 11.9 Å². The maximum absolute atomic E-state index is 14.5. The number of carbonyl (C=O) groups excluding carboxylic acids is 4. The van der Waals surface area contributed by atoms with Crippen LogP contribution >= 0.6 is 0 Å². The minimum atomic E-state index is -2.02. The highest BCUT2D eigenvalue weighted by Gasteiger charge is 2.61. The number of rotatable bonds is 46. The zero-order chi connectivity index (χ0) is 78.6. The van der Waals surface area contributed by atoms with Gasteiger partial charge in [-0.1, -0.05) is 121 Å². The lowest BCUT2D eigenvalue weighted by atomic mass is 9.63. The van der Waals surface area contributed by atoms with E-state index in [9.17, 15) is 69.9 Å². The number of fused-ring (bicyclic) bond motifs is 1. The van der Waals surface area contributed by atoms with Crippen LogP contribution in [0.25, 0.3) is 0 Å². The Morgan fingerprint density at radius 3 is 1.90 bits per heavy atom. The van der Waals surface area contributed by atoms with Gasteiger partial charge in [-0.05, 0) is 146 Å². The van der Waals surface area contributed by atoms with Crippen molar-refractivity contribution in [1.29, 1.82) is 0 Å². The molecule has 2 fully saturated rings. The summed E-state index contributed by atoms with van der Waals surface area (Å²) < 4.78 is 63.3. The monoisotopic (exact) mass is 1490 g/mol. The molecule has 602 valence electrons. The predicted octanol–water partition coefficient (Wildman–Crippen LogP) is 6.79. The summed E-state index contributed by atoms with van der Waals surface area (Å²) in [6, 6.07) is 0.946. The molecule has 104 heavy (non-hydrogen) atoms. The first-order valence-corrected chi connectivity index (χ1v) is 38.1. The van der Waals surface area contributed by atoms with Gasteiger partial charge in [-0.15, -0.1) is 0 Å². The van der Waals surface area contributed by atoms with Crippen molar-refractivity contribution in [2.24, 2.45) is 28.6 Å². The SMILES string of the molecule is CCC(C)(C)OC1C(C(=O)NCC(=O)Oc2cc(C)c3c(c2)CCC(C)(CCCC(C)CCCC(C)CCCC(C)C)O3)OC(OC2C(O)C(CO)OC(C(C)(CC)C(C)(CC)O[C@@H](C)C(OC(OC[C@H](NC(C)=O)C(OC(CO)[C@H](C)O)C(C)(C)CC)[C@@H](O)CO)C(=O)O)C2NC(C)=O)C(O)C1O. The van der Waals surface area contributed by atoms with Crippen molar-refractivity contribution in [2.75, 3.05) is 33.0 Å². The van der Waals surface area contributed by atoms with Crippen molar-refractivity contribution in [3.63, 3.8) is 0 Å². The number of hydrogen-bond acceptors (Lipinski definition) is 23. The molecule has 3 heterocycles. The number of nitrogens with one attached hydrogen (secondary N) is 3. The third kappa shape index (κ3) is 25.7. The second kappa shape index (κ2) is 41.5. The van der Waals surface area contributed by atoms with Crippen LogP contribution < -0.4 is 25.4 Å². The van der Waals surface area contributed by atoms with Gasteiger partial charge in [0, 0.05) is 19.3 Å². The van der Waals surface area contributed by atoms with E-state index >= 15 is 0 Å². The van der Waals surface area contributed by atoms with Gasteiger partial charge in [0.2, 0.25) is 11.8 Å². The number of carboxylic acid groups (broad SMARTS) is 1. The van der Waals surface area contributed by atoms with Crippen LogP contribution in [0.3, 0.4) is 0 Å². The molecule has 23 atom stereocenters. The highest BCUT2D eigenvalue weighted by Crippen LogP contribution is 2.50. The fourth-order valence-electron chi connectivity index (χ4n) is 14.4. The summed E-state index contributed by atoms with van der Waals surface area (Å²) in [5, 5.41) is 108. The van der Waals surface area contributed by atoms with Crippen molar-refractivity contribution < 1.29 is 117 Å². The number of esters is 1. The molecule has 12 N–H and O–H groups in total. The molecule has 3 amide bonds. The molecule has 3 aliphatic rings. The summed E-state index contributed by atoms with van der Waals surface area (Å²) in [7, 11) is 0. The molecule has 0 spiro atoms. The Morgan fingerprint density at radius 1 is 0.750 bits per heavy atom. The van der Waals surface area contributed by atoms with E-state index in [-0.39, 0.29) is 24.2 Å². The molecule has 0 aliphatic carbocycles. The van der Waals surface area contributed by atoms with Crippen molar-refractivity contribution in [3.05, 3.63) is 23.3 Å². The average Bonchev–Trinajstić information content (AvgIpc) is 0.736. The third-order valence-electron chi connectivity index (χ3n) is 22.2.